The SMILES string of the molecule is COC(=O)c1ncc(F)c(-c2ccccc2)n1. The minimum atomic E-state index is -0.692. The molecule has 4 nitrogen and oxygen atoms in total. The molecule has 0 atom stereocenters. The summed E-state index contributed by atoms with van der Waals surface area (Å²) in [5, 5.41) is 0. The highest BCUT2D eigenvalue weighted by molar-refractivity contribution is 5.85. The summed E-state index contributed by atoms with van der Waals surface area (Å²) in [4.78, 5) is 18.7. The monoisotopic (exact) mass is 232 g/mol. The van der Waals surface area contributed by atoms with Crippen molar-refractivity contribution in [3.8, 4) is 11.3 Å². The molecule has 2 aromatic rings. The number of carbonyl (C=O) groups excluding carboxylic acids is 1. The standard InChI is InChI=1S/C12H9FN2O2/c1-17-12(16)11-14-7-9(13)10(15-11)8-5-3-2-4-6-8/h2-7H,1H3. The molecule has 0 N–H and O–H groups in total. The van der Waals surface area contributed by atoms with Crippen LogP contribution < -0.4 is 0 Å². The van der Waals surface area contributed by atoms with Crippen molar-refractivity contribution in [2.45, 2.75) is 0 Å². The quantitative estimate of drug-likeness (QED) is 0.744. The second-order valence-electron chi connectivity index (χ2n) is 3.25. The first kappa shape index (κ1) is 11.2. The molecule has 0 aliphatic rings. The third-order valence-corrected chi connectivity index (χ3v) is 2.16. The molecule has 0 spiro atoms. The Morgan fingerprint density at radius 3 is 2.65 bits per heavy atom. The molecule has 0 fully saturated rings. The minimum absolute atomic E-state index is 0.0843. The van der Waals surface area contributed by atoms with Crippen LogP contribution in [0.25, 0.3) is 11.3 Å². The average Bonchev–Trinajstić information content (AvgIpc) is 2.39. The second kappa shape index (κ2) is 4.69. The van der Waals surface area contributed by atoms with E-state index in [1.165, 1.54) is 7.11 Å². The molecule has 86 valence electrons. The largest absolute Gasteiger partial charge is 0.463 e. The maximum atomic E-state index is 13.5. The second-order valence-corrected chi connectivity index (χ2v) is 3.25. The molecule has 0 saturated heterocycles. The van der Waals surface area contributed by atoms with Crippen LogP contribution in [0, 0.1) is 5.82 Å². The highest BCUT2D eigenvalue weighted by Gasteiger charge is 2.14. The fourth-order valence-corrected chi connectivity index (χ4v) is 1.36. The van der Waals surface area contributed by atoms with Crippen molar-refractivity contribution >= 4 is 5.97 Å². The van der Waals surface area contributed by atoms with E-state index in [0.29, 0.717) is 5.56 Å². The van der Waals surface area contributed by atoms with Crippen molar-refractivity contribution in [3.63, 3.8) is 0 Å². The van der Waals surface area contributed by atoms with Gasteiger partial charge in [0.2, 0.25) is 5.82 Å². The molecule has 0 aliphatic carbocycles. The Balaban J connectivity index is 2.50. The van der Waals surface area contributed by atoms with Gasteiger partial charge in [-0.1, -0.05) is 30.3 Å². The van der Waals surface area contributed by atoms with Gasteiger partial charge in [0.25, 0.3) is 0 Å². The van der Waals surface area contributed by atoms with Crippen molar-refractivity contribution in [2.24, 2.45) is 0 Å². The zero-order valence-corrected chi connectivity index (χ0v) is 9.05. The first-order valence-electron chi connectivity index (χ1n) is 4.88. The topological polar surface area (TPSA) is 52.1 Å². The van der Waals surface area contributed by atoms with E-state index in [0.717, 1.165) is 6.20 Å². The lowest BCUT2D eigenvalue weighted by atomic mass is 10.1. The lowest BCUT2D eigenvalue weighted by Gasteiger charge is -2.03. The van der Waals surface area contributed by atoms with E-state index in [4.69, 9.17) is 0 Å². The Morgan fingerprint density at radius 2 is 2.00 bits per heavy atom. The predicted octanol–water partition coefficient (Wildman–Crippen LogP) is 2.07. The Morgan fingerprint density at radius 1 is 1.29 bits per heavy atom. The fourth-order valence-electron chi connectivity index (χ4n) is 1.36. The molecular weight excluding hydrogens is 223 g/mol. The normalized spacial score (nSPS) is 10.0. The van der Waals surface area contributed by atoms with E-state index in [1.54, 1.807) is 24.3 Å². The molecule has 0 radical (unpaired) electrons. The van der Waals surface area contributed by atoms with Crippen molar-refractivity contribution in [1.29, 1.82) is 0 Å². The smallest absolute Gasteiger partial charge is 0.376 e. The van der Waals surface area contributed by atoms with Crippen LogP contribution in [0.5, 0.6) is 0 Å². The number of benzene rings is 1. The van der Waals surface area contributed by atoms with Crippen LogP contribution in [-0.2, 0) is 4.74 Å². The Kier molecular flexibility index (Phi) is 3.09. The summed E-state index contributed by atoms with van der Waals surface area (Å²) < 4.78 is 18.0. The van der Waals surface area contributed by atoms with Crippen LogP contribution in [0.15, 0.2) is 36.5 Å². The summed E-state index contributed by atoms with van der Waals surface area (Å²) in [6.45, 7) is 0. The van der Waals surface area contributed by atoms with Gasteiger partial charge < -0.3 is 4.74 Å². The first-order chi connectivity index (χ1) is 8.22. The van der Waals surface area contributed by atoms with Crippen molar-refractivity contribution in [2.75, 3.05) is 7.11 Å². The molecule has 1 aromatic heterocycles. The van der Waals surface area contributed by atoms with Gasteiger partial charge in [-0.25, -0.2) is 19.2 Å². The number of methoxy groups -OCH3 is 1. The lowest BCUT2D eigenvalue weighted by molar-refractivity contribution is 0.0586. The van der Waals surface area contributed by atoms with Gasteiger partial charge in [-0.3, -0.25) is 0 Å². The van der Waals surface area contributed by atoms with Gasteiger partial charge in [-0.15, -0.1) is 0 Å². The number of carbonyl (C=O) groups is 1. The maximum absolute atomic E-state index is 13.5. The van der Waals surface area contributed by atoms with Gasteiger partial charge in [0, 0.05) is 5.56 Å². The van der Waals surface area contributed by atoms with Gasteiger partial charge >= 0.3 is 5.97 Å². The molecule has 0 saturated carbocycles. The van der Waals surface area contributed by atoms with Gasteiger partial charge in [-0.2, -0.15) is 0 Å². The number of hydrogen-bond acceptors (Lipinski definition) is 4. The molecule has 1 heterocycles. The van der Waals surface area contributed by atoms with E-state index in [2.05, 4.69) is 14.7 Å². The van der Waals surface area contributed by atoms with E-state index >= 15 is 0 Å². The third-order valence-electron chi connectivity index (χ3n) is 2.16. The summed E-state index contributed by atoms with van der Waals surface area (Å²) in [5.74, 6) is -1.43. The molecule has 0 aliphatic heterocycles. The van der Waals surface area contributed by atoms with E-state index in [9.17, 15) is 9.18 Å². The summed E-state index contributed by atoms with van der Waals surface area (Å²) >= 11 is 0. The lowest BCUT2D eigenvalue weighted by Crippen LogP contribution is -2.08. The Hall–Kier alpha value is -2.30. The summed E-state index contributed by atoms with van der Waals surface area (Å²) in [6.07, 6.45) is 0.960. The number of aromatic nitrogens is 2. The zero-order chi connectivity index (χ0) is 12.3. The highest BCUT2D eigenvalue weighted by Crippen LogP contribution is 2.19. The fraction of sp³-hybridized carbons (Fsp3) is 0.0833. The van der Waals surface area contributed by atoms with Crippen LogP contribution in [0.4, 0.5) is 4.39 Å². The van der Waals surface area contributed by atoms with Crippen LogP contribution in [0.1, 0.15) is 10.6 Å². The van der Waals surface area contributed by atoms with E-state index in [1.807, 2.05) is 6.07 Å². The number of esters is 1. The van der Waals surface area contributed by atoms with Gasteiger partial charge in [0.05, 0.1) is 13.3 Å². The highest BCUT2D eigenvalue weighted by atomic mass is 19.1. The molecule has 0 amide bonds. The number of ether oxygens (including phenoxy) is 1. The first-order valence-corrected chi connectivity index (χ1v) is 4.88. The van der Waals surface area contributed by atoms with Gasteiger partial charge in [0.15, 0.2) is 5.82 Å². The average molecular weight is 232 g/mol. The number of halogens is 1. The molecule has 1 aromatic carbocycles. The molecular formula is C12H9FN2O2. The van der Waals surface area contributed by atoms with Gasteiger partial charge in [-0.05, 0) is 0 Å². The van der Waals surface area contributed by atoms with Crippen LogP contribution >= 0.6 is 0 Å². The summed E-state index contributed by atoms with van der Waals surface area (Å²) in [7, 11) is 1.22. The number of rotatable bonds is 2. The summed E-state index contributed by atoms with van der Waals surface area (Å²) in [6, 6.07) is 8.73. The Labute approximate surface area is 97.1 Å². The third kappa shape index (κ3) is 2.28. The van der Waals surface area contributed by atoms with E-state index < -0.39 is 11.8 Å². The van der Waals surface area contributed by atoms with Crippen molar-refractivity contribution in [3.05, 3.63) is 48.2 Å². The van der Waals surface area contributed by atoms with Crippen molar-refractivity contribution in [1.82, 2.24) is 9.97 Å². The van der Waals surface area contributed by atoms with Gasteiger partial charge in [0.1, 0.15) is 5.69 Å². The van der Waals surface area contributed by atoms with Crippen LogP contribution in [-0.4, -0.2) is 23.0 Å². The Bertz CT molecular complexity index is 543. The van der Waals surface area contributed by atoms with Crippen LogP contribution in [0.2, 0.25) is 0 Å². The molecule has 0 unspecified atom stereocenters. The molecule has 5 heteroatoms. The molecule has 0 bridgehead atoms. The van der Waals surface area contributed by atoms with Crippen LogP contribution in [0.3, 0.4) is 0 Å². The molecule has 2 rings (SSSR count). The van der Waals surface area contributed by atoms with E-state index in [-0.39, 0.29) is 11.5 Å². The number of nitrogens with zero attached hydrogens (tertiary/aromatic N) is 2. The predicted molar refractivity (Wildman–Crippen MR) is 58.8 cm³/mol. The zero-order valence-electron chi connectivity index (χ0n) is 9.05. The summed E-state index contributed by atoms with van der Waals surface area (Å²) in [5.41, 5.74) is 0.665. The van der Waals surface area contributed by atoms with Crippen molar-refractivity contribution < 1.29 is 13.9 Å². The molecule has 17 heavy (non-hydrogen) atoms. The maximum Gasteiger partial charge on any atom is 0.376 e. The minimum Gasteiger partial charge on any atom is -0.463 e. The number of hydrogen-bond donors (Lipinski definition) is 0.